The van der Waals surface area contributed by atoms with Crippen LogP contribution in [-0.4, -0.2) is 74.5 Å². The molecule has 3 aliphatic rings. The summed E-state index contributed by atoms with van der Waals surface area (Å²) in [6.07, 6.45) is 3.07. The third-order valence-corrected chi connectivity index (χ3v) is 10.8. The van der Waals surface area contributed by atoms with E-state index in [0.29, 0.717) is 40.3 Å². The minimum absolute atomic E-state index is 0.0331. The lowest BCUT2D eigenvalue weighted by molar-refractivity contribution is -0.0336. The number of aliphatic hydroxyl groups excluding tert-OH is 1. The predicted molar refractivity (Wildman–Crippen MR) is 210 cm³/mol. The Balaban J connectivity index is 1.06. The van der Waals surface area contributed by atoms with Gasteiger partial charge in [-0.25, -0.2) is 9.59 Å². The number of ether oxygens (including phenoxy) is 2. The Hall–Kier alpha value is -5.76. The number of fused-ring (bicyclic) bond motifs is 4. The Bertz CT molecular complexity index is 2220. The smallest absolute Gasteiger partial charge is 0.408 e. The normalized spacial score (nSPS) is 19.2. The first kappa shape index (κ1) is 38.5. The number of phenolic OH excluding ortho intramolecular Hbond substituents is 1. The molecule has 5 heterocycles. The van der Waals surface area contributed by atoms with Gasteiger partial charge in [0.05, 0.1) is 28.9 Å². The number of pyridine rings is 2. The van der Waals surface area contributed by atoms with Crippen molar-refractivity contribution < 1.29 is 34.4 Å². The Morgan fingerprint density at radius 2 is 1.77 bits per heavy atom. The average molecular weight is 762 g/mol. The van der Waals surface area contributed by atoms with Crippen LogP contribution in [0.4, 0.5) is 4.79 Å². The van der Waals surface area contributed by atoms with E-state index in [4.69, 9.17) is 9.47 Å². The van der Waals surface area contributed by atoms with Gasteiger partial charge in [-0.05, 0) is 90.9 Å². The lowest BCUT2D eigenvalue weighted by Gasteiger charge is -2.43. The van der Waals surface area contributed by atoms with E-state index < -0.39 is 30.3 Å². The molecule has 3 aliphatic heterocycles. The summed E-state index contributed by atoms with van der Waals surface area (Å²) in [6.45, 7) is 4.96. The van der Waals surface area contributed by atoms with Crippen molar-refractivity contribution in [2.24, 2.45) is 5.92 Å². The number of nitrogens with zero attached hydrogens (tertiary/aromatic N) is 2. The summed E-state index contributed by atoms with van der Waals surface area (Å²) in [5.74, 6) is -0.315. The minimum Gasteiger partial charge on any atom is -0.506 e. The molecule has 0 radical (unpaired) electrons. The highest BCUT2D eigenvalue weighted by Gasteiger charge is 2.37. The van der Waals surface area contributed by atoms with Crippen molar-refractivity contribution >= 4 is 23.0 Å². The molecule has 5 aromatic rings. The number of aromatic carboxylic acids is 1. The molecule has 6 N–H and O–H groups in total. The van der Waals surface area contributed by atoms with Crippen molar-refractivity contribution in [3.63, 3.8) is 0 Å². The van der Waals surface area contributed by atoms with Crippen LogP contribution in [0.15, 0.2) is 95.9 Å². The van der Waals surface area contributed by atoms with Crippen LogP contribution >= 0.6 is 0 Å². The van der Waals surface area contributed by atoms with Crippen molar-refractivity contribution in [3.8, 4) is 11.5 Å². The maximum Gasteiger partial charge on any atom is 0.408 e. The maximum absolute atomic E-state index is 13.3. The van der Waals surface area contributed by atoms with Gasteiger partial charge in [-0.2, -0.15) is 0 Å². The molecule has 3 aromatic carbocycles. The number of H-pyrrole nitrogens is 1. The Labute approximate surface area is 324 Å². The summed E-state index contributed by atoms with van der Waals surface area (Å²) in [6, 6.07) is 23.8. The summed E-state index contributed by atoms with van der Waals surface area (Å²) in [5.41, 5.74) is 3.08. The largest absolute Gasteiger partial charge is 0.506 e. The van der Waals surface area contributed by atoms with Crippen LogP contribution in [-0.2, 0) is 11.3 Å². The van der Waals surface area contributed by atoms with Crippen molar-refractivity contribution in [1.29, 1.82) is 0 Å². The van der Waals surface area contributed by atoms with Gasteiger partial charge in [-0.15, -0.1) is 0 Å². The number of nitrogens with one attached hydrogen (secondary N) is 3. The number of aliphatic hydroxyl groups is 1. The van der Waals surface area contributed by atoms with Crippen molar-refractivity contribution in [3.05, 3.63) is 135 Å². The van der Waals surface area contributed by atoms with Crippen molar-refractivity contribution in [1.82, 2.24) is 25.5 Å². The molecule has 292 valence electrons. The molecule has 3 fully saturated rings. The lowest BCUT2D eigenvalue weighted by Crippen LogP contribution is -2.52. The number of hydrogen-bond acceptors (Lipinski definition) is 10. The molecule has 0 aliphatic carbocycles. The summed E-state index contributed by atoms with van der Waals surface area (Å²) < 4.78 is 12.2. The highest BCUT2D eigenvalue weighted by molar-refractivity contribution is 5.89. The molecule has 8 rings (SSSR count). The summed E-state index contributed by atoms with van der Waals surface area (Å²) in [5, 5.41) is 38.6. The molecular weight excluding hydrogens is 714 g/mol. The number of hydrogen-bond donors (Lipinski definition) is 6. The zero-order valence-electron chi connectivity index (χ0n) is 31.2. The van der Waals surface area contributed by atoms with Crippen LogP contribution in [0.5, 0.6) is 11.5 Å². The molecule has 56 heavy (non-hydrogen) atoms. The Kier molecular flexibility index (Phi) is 11.9. The van der Waals surface area contributed by atoms with Crippen LogP contribution in [0.1, 0.15) is 89.1 Å². The second-order valence-corrected chi connectivity index (χ2v) is 14.5. The van der Waals surface area contributed by atoms with Crippen LogP contribution in [0.25, 0.3) is 10.9 Å². The third kappa shape index (κ3) is 8.86. The standard InChI is InChI=1S/C43H47N5O8/c1-2-7-35(45-23-37(50)31-12-14-36(49)41-32(31)13-15-39(51)46-41)33-21-29(44-22-34(33)42(52)53)25-55-30-11-6-10-28(20-30)40(27-8-4-3-5-9-27)47-43(54)56-38-24-48-18-16-26(38)17-19-48/h3-6,8-15,20-22,26,35,37-38,40,45,49-50H,2,7,16-19,23-25H2,1H3,(H,46,51)(H,47,54)(H,52,53)/t35?,37-,38-,40?/m0/s1. The molecule has 3 saturated heterocycles. The van der Waals surface area contributed by atoms with Gasteiger partial charge >= 0.3 is 12.1 Å². The Morgan fingerprint density at radius 3 is 2.50 bits per heavy atom. The quantitative estimate of drug-likeness (QED) is 0.0737. The Morgan fingerprint density at radius 1 is 0.982 bits per heavy atom. The van der Waals surface area contributed by atoms with E-state index in [1.54, 1.807) is 18.2 Å². The number of rotatable bonds is 15. The van der Waals surface area contributed by atoms with Crippen LogP contribution in [0.2, 0.25) is 0 Å². The van der Waals surface area contributed by atoms with Gasteiger partial charge < -0.3 is 40.4 Å². The first-order valence-electron chi connectivity index (χ1n) is 19.1. The van der Waals surface area contributed by atoms with Crippen LogP contribution in [0, 0.1) is 5.92 Å². The highest BCUT2D eigenvalue weighted by atomic mass is 16.6. The fourth-order valence-electron chi connectivity index (χ4n) is 7.91. The summed E-state index contributed by atoms with van der Waals surface area (Å²) in [7, 11) is 0. The zero-order chi connectivity index (χ0) is 39.2. The first-order valence-corrected chi connectivity index (χ1v) is 19.1. The number of aromatic hydroxyl groups is 1. The molecule has 4 atom stereocenters. The fourth-order valence-corrected chi connectivity index (χ4v) is 7.91. The molecule has 0 saturated carbocycles. The fraction of sp³-hybridized carbons (Fsp3) is 0.349. The number of carboxylic acids is 1. The SMILES string of the molecule is CCCC(NC[C@H](O)c1ccc(O)c2[nH]c(=O)ccc12)c1cc(COc2cccc(C(NC(=O)O[C@H]3CN4CCC3CC4)c3ccccc3)c2)ncc1C(=O)O. The maximum atomic E-state index is 13.3. The van der Waals surface area contributed by atoms with Gasteiger partial charge in [0.25, 0.3) is 0 Å². The van der Waals surface area contributed by atoms with Crippen LogP contribution < -0.4 is 20.9 Å². The summed E-state index contributed by atoms with van der Waals surface area (Å²) >= 11 is 0. The second-order valence-electron chi connectivity index (χ2n) is 14.5. The molecule has 13 heteroatoms. The van der Waals surface area contributed by atoms with Gasteiger partial charge in [-0.1, -0.05) is 61.9 Å². The number of piperidine rings is 3. The average Bonchev–Trinajstić information content (AvgIpc) is 3.21. The number of alkyl carbamates (subject to hydrolysis) is 1. The first-order chi connectivity index (χ1) is 27.2. The number of phenols is 1. The monoisotopic (exact) mass is 761 g/mol. The molecule has 2 aromatic heterocycles. The van der Waals surface area contributed by atoms with E-state index in [9.17, 15) is 29.7 Å². The summed E-state index contributed by atoms with van der Waals surface area (Å²) in [4.78, 5) is 46.9. The van der Waals surface area contributed by atoms with Gasteiger partial charge in [0.15, 0.2) is 0 Å². The van der Waals surface area contributed by atoms with Crippen molar-refractivity contribution in [2.45, 2.75) is 63.5 Å². The molecule has 2 bridgehead atoms. The van der Waals surface area contributed by atoms with Gasteiger partial charge in [-0.3, -0.25) is 14.7 Å². The molecule has 2 unspecified atom stereocenters. The van der Waals surface area contributed by atoms with E-state index in [2.05, 4.69) is 25.5 Å². The van der Waals surface area contributed by atoms with Crippen LogP contribution in [0.3, 0.4) is 0 Å². The zero-order valence-corrected chi connectivity index (χ0v) is 31.2. The third-order valence-electron chi connectivity index (χ3n) is 10.8. The van der Waals surface area contributed by atoms with E-state index in [1.807, 2.05) is 61.5 Å². The molecule has 1 amide bonds. The van der Waals surface area contributed by atoms with E-state index >= 15 is 0 Å². The van der Waals surface area contributed by atoms with E-state index in [0.717, 1.165) is 50.0 Å². The van der Waals surface area contributed by atoms with E-state index in [-0.39, 0.29) is 41.6 Å². The van der Waals surface area contributed by atoms with Gasteiger partial charge in [0, 0.05) is 36.8 Å². The number of carboxylic acid groups (broad SMARTS) is 1. The molecule has 0 spiro atoms. The number of amides is 1. The number of carbonyl (C=O) groups excluding carboxylic acids is 1. The topological polar surface area (TPSA) is 186 Å². The van der Waals surface area contributed by atoms with Gasteiger partial charge in [0.1, 0.15) is 24.2 Å². The molecular formula is C43H47N5O8. The van der Waals surface area contributed by atoms with Crippen molar-refractivity contribution in [2.75, 3.05) is 26.2 Å². The van der Waals surface area contributed by atoms with E-state index in [1.165, 1.54) is 18.3 Å². The molecule has 13 nitrogen and oxygen atoms in total. The lowest BCUT2D eigenvalue weighted by atomic mass is 9.86. The number of carbonyl (C=O) groups is 2. The highest BCUT2D eigenvalue weighted by Crippen LogP contribution is 2.32. The second kappa shape index (κ2) is 17.4. The minimum atomic E-state index is -1.13. The number of aromatic amines is 1. The number of benzene rings is 3. The number of aromatic nitrogens is 2. The van der Waals surface area contributed by atoms with Gasteiger partial charge in [0.2, 0.25) is 5.56 Å². The predicted octanol–water partition coefficient (Wildman–Crippen LogP) is 5.98.